The van der Waals surface area contributed by atoms with E-state index in [1.807, 2.05) is 6.92 Å². The molecule has 0 spiro atoms. The summed E-state index contributed by atoms with van der Waals surface area (Å²) in [5, 5.41) is 0. The van der Waals surface area contributed by atoms with Gasteiger partial charge in [-0.25, -0.2) is 4.79 Å². The third-order valence-corrected chi connectivity index (χ3v) is 1.75. The lowest BCUT2D eigenvalue weighted by Gasteiger charge is -1.95. The quantitative estimate of drug-likeness (QED) is 0.159. The summed E-state index contributed by atoms with van der Waals surface area (Å²) in [6, 6.07) is 0. The maximum absolute atomic E-state index is 11.3. The molecule has 0 bridgehead atoms. The van der Waals surface area contributed by atoms with Crippen LogP contribution in [0.25, 0.3) is 5.53 Å². The van der Waals surface area contributed by atoms with E-state index in [1.54, 1.807) is 0 Å². The first kappa shape index (κ1) is 12.5. The second-order valence-electron chi connectivity index (χ2n) is 2.82. The van der Waals surface area contributed by atoms with Crippen molar-refractivity contribution >= 4 is 17.5 Å². The fourth-order valence-corrected chi connectivity index (χ4v) is 0.961. The number of hydrogen-bond acceptors (Lipinski definition) is 3. The van der Waals surface area contributed by atoms with Gasteiger partial charge in [0.25, 0.3) is 5.78 Å². The fraction of sp³-hybridized carbons (Fsp3) is 0.667. The number of ketones is 1. The first-order valence-corrected chi connectivity index (χ1v) is 4.50. The van der Waals surface area contributed by atoms with Crippen LogP contribution < -0.4 is 0 Å². The Kier molecular flexibility index (Phi) is 6.24. The molecule has 14 heavy (non-hydrogen) atoms. The largest absolute Gasteiger partial charge is 0.460 e. The van der Waals surface area contributed by atoms with E-state index in [4.69, 9.17) is 5.53 Å². The van der Waals surface area contributed by atoms with Crippen LogP contribution in [0.15, 0.2) is 0 Å². The lowest BCUT2D eigenvalue weighted by molar-refractivity contribution is -0.139. The maximum atomic E-state index is 11.3. The predicted molar refractivity (Wildman–Crippen MR) is 49.8 cm³/mol. The summed E-state index contributed by atoms with van der Waals surface area (Å²) in [5.74, 6) is -1.37. The van der Waals surface area contributed by atoms with E-state index in [0.717, 1.165) is 20.0 Å². The summed E-state index contributed by atoms with van der Waals surface area (Å²) in [4.78, 5) is 24.8. The number of hydrogen-bond donors (Lipinski definition) is 0. The van der Waals surface area contributed by atoms with Crippen molar-refractivity contribution in [3.05, 3.63) is 5.53 Å². The van der Waals surface area contributed by atoms with Crippen LogP contribution >= 0.6 is 0 Å². The highest BCUT2D eigenvalue weighted by molar-refractivity contribution is 6.62. The van der Waals surface area contributed by atoms with E-state index >= 15 is 0 Å². The molecule has 0 aliphatic rings. The monoisotopic (exact) mass is 198 g/mol. The SMILES string of the molecule is CCCCCC(=O)C(=[N+]=[N-])C(=O)OC. The lowest BCUT2D eigenvalue weighted by atomic mass is 10.1. The van der Waals surface area contributed by atoms with Crippen LogP contribution in [0.1, 0.15) is 32.6 Å². The Morgan fingerprint density at radius 2 is 2.00 bits per heavy atom. The number of unbranched alkanes of at least 4 members (excludes halogenated alkanes) is 2. The smallest absolute Gasteiger partial charge is 0.441 e. The van der Waals surface area contributed by atoms with Crippen LogP contribution in [-0.4, -0.2) is 29.4 Å². The summed E-state index contributed by atoms with van der Waals surface area (Å²) in [6.45, 7) is 2.01. The summed E-state index contributed by atoms with van der Waals surface area (Å²) in [7, 11) is 1.13. The van der Waals surface area contributed by atoms with Crippen molar-refractivity contribution in [2.45, 2.75) is 32.6 Å². The van der Waals surface area contributed by atoms with Gasteiger partial charge in [0.05, 0.1) is 7.11 Å². The van der Waals surface area contributed by atoms with E-state index in [2.05, 4.69) is 9.53 Å². The maximum Gasteiger partial charge on any atom is 0.441 e. The Balaban J connectivity index is 4.21. The number of Topliss-reactive ketones (excluding diaryl/α,β-unsaturated/α-hetero) is 1. The standard InChI is InChI=1S/C9H14N2O3/c1-3-4-5-6-7(12)8(11-10)9(13)14-2/h3-6H2,1-2H3. The average molecular weight is 198 g/mol. The number of nitrogens with zero attached hydrogens (tertiary/aromatic N) is 2. The molecule has 0 atom stereocenters. The average Bonchev–Trinajstić information content (AvgIpc) is 2.19. The molecule has 0 saturated carbocycles. The zero-order valence-corrected chi connectivity index (χ0v) is 8.45. The molecule has 0 aliphatic carbocycles. The third-order valence-electron chi connectivity index (χ3n) is 1.75. The predicted octanol–water partition coefficient (Wildman–Crippen LogP) is 0.980. The van der Waals surface area contributed by atoms with Gasteiger partial charge in [-0.05, 0) is 6.42 Å². The molecule has 0 heterocycles. The second-order valence-corrected chi connectivity index (χ2v) is 2.82. The van der Waals surface area contributed by atoms with E-state index in [-0.39, 0.29) is 6.42 Å². The minimum Gasteiger partial charge on any atom is -0.460 e. The van der Waals surface area contributed by atoms with Gasteiger partial charge >= 0.3 is 11.7 Å². The molecule has 5 nitrogen and oxygen atoms in total. The van der Waals surface area contributed by atoms with Gasteiger partial charge in [-0.1, -0.05) is 19.8 Å². The Morgan fingerprint density at radius 3 is 2.43 bits per heavy atom. The van der Waals surface area contributed by atoms with Crippen molar-refractivity contribution in [3.8, 4) is 0 Å². The normalized spacial score (nSPS) is 9.00. The summed E-state index contributed by atoms with van der Waals surface area (Å²) in [5.41, 5.74) is 7.90. The Hall–Kier alpha value is -1.48. The van der Waals surface area contributed by atoms with Crippen LogP contribution in [0.5, 0.6) is 0 Å². The minimum absolute atomic E-state index is 0.211. The number of ether oxygens (including phenoxy) is 1. The van der Waals surface area contributed by atoms with Crippen molar-refractivity contribution in [3.63, 3.8) is 0 Å². The van der Waals surface area contributed by atoms with Crippen molar-refractivity contribution in [2.75, 3.05) is 7.11 Å². The zero-order valence-electron chi connectivity index (χ0n) is 8.45. The Morgan fingerprint density at radius 1 is 1.36 bits per heavy atom. The van der Waals surface area contributed by atoms with Crippen molar-refractivity contribution in [1.29, 1.82) is 0 Å². The van der Waals surface area contributed by atoms with Crippen LogP contribution in [0.3, 0.4) is 0 Å². The highest BCUT2D eigenvalue weighted by Crippen LogP contribution is 2.00. The first-order valence-electron chi connectivity index (χ1n) is 4.50. The summed E-state index contributed by atoms with van der Waals surface area (Å²) >= 11 is 0. The van der Waals surface area contributed by atoms with Gasteiger partial charge < -0.3 is 10.3 Å². The van der Waals surface area contributed by atoms with Crippen LogP contribution in [0, 0.1) is 0 Å². The van der Waals surface area contributed by atoms with Crippen LogP contribution in [0.2, 0.25) is 0 Å². The van der Waals surface area contributed by atoms with Gasteiger partial charge in [0.2, 0.25) is 0 Å². The molecule has 0 unspecified atom stereocenters. The molecule has 0 aromatic heterocycles. The summed E-state index contributed by atoms with van der Waals surface area (Å²) in [6.07, 6.45) is 2.79. The molecule has 0 rings (SSSR count). The number of esters is 1. The van der Waals surface area contributed by atoms with Gasteiger partial charge in [0.1, 0.15) is 0 Å². The van der Waals surface area contributed by atoms with Crippen LogP contribution in [0.4, 0.5) is 0 Å². The molecular weight excluding hydrogens is 184 g/mol. The molecule has 0 aliphatic heterocycles. The molecule has 0 radical (unpaired) electrons. The molecule has 5 heteroatoms. The van der Waals surface area contributed by atoms with Gasteiger partial charge in [-0.3, -0.25) is 4.79 Å². The Bertz CT molecular complexity index is 267. The lowest BCUT2D eigenvalue weighted by Crippen LogP contribution is -2.26. The summed E-state index contributed by atoms with van der Waals surface area (Å²) < 4.78 is 4.28. The molecular formula is C9H14N2O3. The molecule has 0 saturated heterocycles. The molecule has 0 fully saturated rings. The van der Waals surface area contributed by atoms with E-state index in [0.29, 0.717) is 6.42 Å². The van der Waals surface area contributed by atoms with E-state index in [1.165, 1.54) is 0 Å². The van der Waals surface area contributed by atoms with Gasteiger partial charge in [0, 0.05) is 6.42 Å². The second kappa shape index (κ2) is 6.97. The minimum atomic E-state index is -0.894. The number of carbonyl (C=O) groups excluding carboxylic acids is 2. The van der Waals surface area contributed by atoms with Gasteiger partial charge in [-0.15, -0.1) is 0 Å². The molecule has 0 aromatic carbocycles. The topological polar surface area (TPSA) is 79.8 Å². The number of carbonyl (C=O) groups is 2. The molecule has 0 aromatic rings. The molecule has 0 amide bonds. The van der Waals surface area contributed by atoms with Crippen molar-refractivity contribution in [2.24, 2.45) is 0 Å². The number of rotatable bonds is 6. The highest BCUT2D eigenvalue weighted by atomic mass is 16.5. The molecule has 78 valence electrons. The fourth-order valence-electron chi connectivity index (χ4n) is 0.961. The van der Waals surface area contributed by atoms with Gasteiger partial charge in [0.15, 0.2) is 0 Å². The number of methoxy groups -OCH3 is 1. The Labute approximate surface area is 82.7 Å². The van der Waals surface area contributed by atoms with Crippen LogP contribution in [-0.2, 0) is 14.3 Å². The molecule has 0 N–H and O–H groups in total. The first-order chi connectivity index (χ1) is 6.67. The zero-order chi connectivity index (χ0) is 11.0. The van der Waals surface area contributed by atoms with E-state index in [9.17, 15) is 9.59 Å². The highest BCUT2D eigenvalue weighted by Gasteiger charge is 2.29. The van der Waals surface area contributed by atoms with Crippen molar-refractivity contribution < 1.29 is 19.1 Å². The van der Waals surface area contributed by atoms with Crippen molar-refractivity contribution in [1.82, 2.24) is 0 Å². The third kappa shape index (κ3) is 3.96. The van der Waals surface area contributed by atoms with E-state index < -0.39 is 17.5 Å². The van der Waals surface area contributed by atoms with Gasteiger partial charge in [-0.2, -0.15) is 4.79 Å².